The van der Waals surface area contributed by atoms with Crippen molar-refractivity contribution < 1.29 is 9.18 Å². The summed E-state index contributed by atoms with van der Waals surface area (Å²) in [6.07, 6.45) is 0. The van der Waals surface area contributed by atoms with Crippen LogP contribution in [0.2, 0.25) is 0 Å². The van der Waals surface area contributed by atoms with Crippen LogP contribution in [0.15, 0.2) is 24.3 Å². The minimum Gasteiger partial charge on any atom is -0.354 e. The zero-order valence-corrected chi connectivity index (χ0v) is 14.5. The fraction of sp³-hybridized carbons (Fsp3) is 0.588. The van der Waals surface area contributed by atoms with Crippen molar-refractivity contribution in [2.45, 2.75) is 19.9 Å². The number of carbonyl (C=O) groups is 1. The van der Waals surface area contributed by atoms with Crippen LogP contribution in [0.5, 0.6) is 0 Å². The highest BCUT2D eigenvalue weighted by atomic mass is 19.1. The van der Waals surface area contributed by atoms with Crippen LogP contribution in [0.25, 0.3) is 0 Å². The predicted molar refractivity (Wildman–Crippen MR) is 88.2 cm³/mol. The van der Waals surface area contributed by atoms with E-state index in [9.17, 15) is 9.18 Å². The number of likely N-dealkylation sites (N-methyl/N-ethyl adjacent to an activating group) is 1. The van der Waals surface area contributed by atoms with Crippen molar-refractivity contribution in [1.29, 1.82) is 0 Å². The highest BCUT2D eigenvalue weighted by molar-refractivity contribution is 5.83. The lowest BCUT2D eigenvalue weighted by Gasteiger charge is -2.30. The second-order valence-corrected chi connectivity index (χ2v) is 7.04. The highest BCUT2D eigenvalue weighted by Crippen LogP contribution is 2.20. The Labute approximate surface area is 133 Å². The Kier molecular flexibility index (Phi) is 6.50. The van der Waals surface area contributed by atoms with Gasteiger partial charge in [-0.25, -0.2) is 4.39 Å². The van der Waals surface area contributed by atoms with Crippen molar-refractivity contribution in [1.82, 2.24) is 15.1 Å². The van der Waals surface area contributed by atoms with E-state index in [1.54, 1.807) is 12.1 Å². The molecule has 0 aromatic heterocycles. The standard InChI is InChI=1S/C17H28FN3O/c1-17(2,12-20(3)4)11-19-16(22)15(21(5)6)13-7-9-14(18)10-8-13/h7-10,15H,11-12H2,1-6H3,(H,19,22)/t15-/m1/s1. The Morgan fingerprint density at radius 2 is 1.73 bits per heavy atom. The normalized spacial score (nSPS) is 13.5. The van der Waals surface area contributed by atoms with Crippen LogP contribution < -0.4 is 5.32 Å². The van der Waals surface area contributed by atoms with E-state index in [-0.39, 0.29) is 17.1 Å². The quantitative estimate of drug-likeness (QED) is 0.838. The Hall–Kier alpha value is -1.46. The first-order chi connectivity index (χ1) is 10.1. The molecule has 1 rings (SSSR count). The largest absolute Gasteiger partial charge is 0.354 e. The fourth-order valence-electron chi connectivity index (χ4n) is 2.66. The molecule has 4 nitrogen and oxygen atoms in total. The number of halogens is 1. The number of benzene rings is 1. The van der Waals surface area contributed by atoms with Crippen molar-refractivity contribution in [2.75, 3.05) is 41.3 Å². The Morgan fingerprint density at radius 3 is 2.18 bits per heavy atom. The van der Waals surface area contributed by atoms with Gasteiger partial charge in [-0.3, -0.25) is 9.69 Å². The molecule has 0 unspecified atom stereocenters. The van der Waals surface area contributed by atoms with Gasteiger partial charge in [-0.1, -0.05) is 26.0 Å². The number of hydrogen-bond donors (Lipinski definition) is 1. The molecule has 0 saturated carbocycles. The van der Waals surface area contributed by atoms with Crippen LogP contribution in [-0.4, -0.2) is 57.0 Å². The molecular formula is C17H28FN3O. The van der Waals surface area contributed by atoms with Gasteiger partial charge in [-0.15, -0.1) is 0 Å². The maximum Gasteiger partial charge on any atom is 0.241 e. The monoisotopic (exact) mass is 309 g/mol. The Morgan fingerprint density at radius 1 is 1.18 bits per heavy atom. The predicted octanol–water partition coefficient (Wildman–Crippen LogP) is 2.13. The molecule has 0 saturated heterocycles. The molecule has 1 amide bonds. The average molecular weight is 309 g/mol. The second kappa shape index (κ2) is 7.70. The molecule has 0 spiro atoms. The lowest BCUT2D eigenvalue weighted by atomic mass is 9.92. The molecule has 22 heavy (non-hydrogen) atoms. The van der Waals surface area contributed by atoms with Crippen molar-refractivity contribution in [3.05, 3.63) is 35.6 Å². The van der Waals surface area contributed by atoms with Crippen LogP contribution in [-0.2, 0) is 4.79 Å². The molecule has 0 aliphatic carbocycles. The van der Waals surface area contributed by atoms with Crippen molar-refractivity contribution in [3.8, 4) is 0 Å². The summed E-state index contributed by atoms with van der Waals surface area (Å²) in [5.41, 5.74) is 0.771. The summed E-state index contributed by atoms with van der Waals surface area (Å²) in [7, 11) is 7.73. The van der Waals surface area contributed by atoms with Gasteiger partial charge in [0.25, 0.3) is 0 Å². The molecule has 5 heteroatoms. The molecule has 0 aliphatic rings. The summed E-state index contributed by atoms with van der Waals surface area (Å²) in [5.74, 6) is -0.364. The Balaban J connectivity index is 2.76. The second-order valence-electron chi connectivity index (χ2n) is 7.04. The molecule has 0 radical (unpaired) electrons. The van der Waals surface area contributed by atoms with Gasteiger partial charge < -0.3 is 10.2 Å². The van der Waals surface area contributed by atoms with Gasteiger partial charge in [0.2, 0.25) is 5.91 Å². The number of amides is 1. The molecule has 124 valence electrons. The summed E-state index contributed by atoms with van der Waals surface area (Å²) in [6, 6.07) is 5.66. The smallest absolute Gasteiger partial charge is 0.241 e. The number of hydrogen-bond acceptors (Lipinski definition) is 3. The zero-order valence-electron chi connectivity index (χ0n) is 14.5. The van der Waals surface area contributed by atoms with Crippen molar-refractivity contribution >= 4 is 5.91 Å². The number of nitrogens with one attached hydrogen (secondary N) is 1. The first-order valence-electron chi connectivity index (χ1n) is 7.47. The van der Waals surface area contributed by atoms with E-state index in [2.05, 4.69) is 24.1 Å². The molecule has 1 aromatic rings. The third kappa shape index (κ3) is 5.73. The zero-order chi connectivity index (χ0) is 16.9. The first kappa shape index (κ1) is 18.6. The summed E-state index contributed by atoms with van der Waals surface area (Å²) < 4.78 is 13.1. The van der Waals surface area contributed by atoms with Crippen LogP contribution in [0.1, 0.15) is 25.5 Å². The summed E-state index contributed by atoms with van der Waals surface area (Å²) in [4.78, 5) is 16.5. The molecule has 0 bridgehead atoms. The maximum atomic E-state index is 13.1. The van der Waals surface area contributed by atoms with Crippen molar-refractivity contribution in [3.63, 3.8) is 0 Å². The SMILES string of the molecule is CN(C)CC(C)(C)CNC(=O)[C@@H](c1ccc(F)cc1)N(C)C. The lowest BCUT2D eigenvalue weighted by molar-refractivity contribution is -0.126. The van der Waals surface area contributed by atoms with Gasteiger partial charge in [0, 0.05) is 13.1 Å². The van der Waals surface area contributed by atoms with Gasteiger partial charge >= 0.3 is 0 Å². The van der Waals surface area contributed by atoms with Crippen LogP contribution in [0.3, 0.4) is 0 Å². The molecule has 0 aliphatic heterocycles. The van der Waals surface area contributed by atoms with E-state index >= 15 is 0 Å². The van der Waals surface area contributed by atoms with Crippen LogP contribution in [0, 0.1) is 11.2 Å². The van der Waals surface area contributed by atoms with Gasteiger partial charge in [-0.2, -0.15) is 0 Å². The van der Waals surface area contributed by atoms with E-state index in [1.165, 1.54) is 12.1 Å². The van der Waals surface area contributed by atoms with Gasteiger partial charge in [0.1, 0.15) is 11.9 Å². The molecule has 1 aromatic carbocycles. The van der Waals surface area contributed by atoms with Crippen LogP contribution in [0.4, 0.5) is 4.39 Å². The van der Waals surface area contributed by atoms with E-state index in [0.29, 0.717) is 6.54 Å². The maximum absolute atomic E-state index is 13.1. The summed E-state index contributed by atoms with van der Waals surface area (Å²) in [5, 5.41) is 3.02. The topological polar surface area (TPSA) is 35.6 Å². The summed E-state index contributed by atoms with van der Waals surface area (Å²) in [6.45, 7) is 5.72. The molecule has 0 heterocycles. The third-order valence-corrected chi connectivity index (χ3v) is 3.44. The van der Waals surface area contributed by atoms with Crippen molar-refractivity contribution in [2.24, 2.45) is 5.41 Å². The van der Waals surface area contributed by atoms with E-state index < -0.39 is 6.04 Å². The fourth-order valence-corrected chi connectivity index (χ4v) is 2.66. The van der Waals surface area contributed by atoms with E-state index in [1.807, 2.05) is 33.1 Å². The summed E-state index contributed by atoms with van der Waals surface area (Å²) >= 11 is 0. The molecular weight excluding hydrogens is 281 g/mol. The molecule has 1 N–H and O–H groups in total. The highest BCUT2D eigenvalue weighted by Gasteiger charge is 2.26. The third-order valence-electron chi connectivity index (χ3n) is 3.44. The Bertz CT molecular complexity index is 483. The molecule has 0 fully saturated rings. The number of rotatable bonds is 7. The number of carbonyl (C=O) groups excluding carboxylic acids is 1. The van der Waals surface area contributed by atoms with E-state index in [0.717, 1.165) is 12.1 Å². The molecule has 1 atom stereocenters. The van der Waals surface area contributed by atoms with Gasteiger partial charge in [0.15, 0.2) is 0 Å². The van der Waals surface area contributed by atoms with Crippen LogP contribution >= 0.6 is 0 Å². The minimum atomic E-state index is -0.421. The van der Waals surface area contributed by atoms with E-state index in [4.69, 9.17) is 0 Å². The average Bonchev–Trinajstić information content (AvgIpc) is 2.37. The lowest BCUT2D eigenvalue weighted by Crippen LogP contribution is -2.44. The first-order valence-corrected chi connectivity index (χ1v) is 7.47. The van der Waals surface area contributed by atoms with Gasteiger partial charge in [0.05, 0.1) is 0 Å². The minimum absolute atomic E-state index is 0.0151. The van der Waals surface area contributed by atoms with Gasteiger partial charge in [-0.05, 0) is 51.3 Å². The number of nitrogens with zero attached hydrogens (tertiary/aromatic N) is 2.